The molecular formula is C16H15N3O3. The highest BCUT2D eigenvalue weighted by atomic mass is 16.5. The lowest BCUT2D eigenvalue weighted by Crippen LogP contribution is -2.47. The van der Waals surface area contributed by atoms with Crippen LogP contribution >= 0.6 is 0 Å². The predicted molar refractivity (Wildman–Crippen MR) is 79.0 cm³/mol. The predicted octanol–water partition coefficient (Wildman–Crippen LogP) is 0.886. The highest BCUT2D eigenvalue weighted by molar-refractivity contribution is 5.92. The van der Waals surface area contributed by atoms with Crippen LogP contribution in [0.5, 0.6) is 5.75 Å². The van der Waals surface area contributed by atoms with E-state index in [9.17, 15) is 9.59 Å². The van der Waals surface area contributed by atoms with E-state index in [4.69, 9.17) is 16.2 Å². The van der Waals surface area contributed by atoms with Crippen LogP contribution in [-0.2, 0) is 16.8 Å². The number of nitrogens with two attached hydrogens (primary N) is 2. The summed E-state index contributed by atoms with van der Waals surface area (Å²) >= 11 is 0. The van der Waals surface area contributed by atoms with E-state index in [0.29, 0.717) is 29.7 Å². The number of rotatable bonds is 3. The Hall–Kier alpha value is -2.73. The van der Waals surface area contributed by atoms with Crippen LogP contribution in [-0.4, -0.2) is 16.9 Å². The summed E-state index contributed by atoms with van der Waals surface area (Å²) in [5, 5.41) is 0. The standard InChI is InChI=1S/C16H15N3O3/c17-15(21)16(18)6-3-10-9-11(1-2-13(10)16)14(20)22-12-4-7-19-8-5-12/h1-2,4-5,7-9H,3,6,18H2,(H2,17,21). The molecule has 0 radical (unpaired) electrons. The van der Waals surface area contributed by atoms with E-state index in [1.165, 1.54) is 0 Å². The molecule has 1 aromatic heterocycles. The van der Waals surface area contributed by atoms with Crippen molar-refractivity contribution < 1.29 is 14.3 Å². The number of aryl methyl sites for hydroxylation is 1. The fourth-order valence-electron chi connectivity index (χ4n) is 2.66. The molecule has 6 nitrogen and oxygen atoms in total. The van der Waals surface area contributed by atoms with E-state index < -0.39 is 17.4 Å². The summed E-state index contributed by atoms with van der Waals surface area (Å²) in [6.07, 6.45) is 4.13. The number of hydrogen-bond acceptors (Lipinski definition) is 5. The van der Waals surface area contributed by atoms with Gasteiger partial charge in [0, 0.05) is 12.4 Å². The maximum absolute atomic E-state index is 12.1. The Kier molecular flexibility index (Phi) is 3.38. The lowest BCUT2D eigenvalue weighted by atomic mass is 9.92. The first-order valence-electron chi connectivity index (χ1n) is 6.85. The molecule has 2 aromatic rings. The highest BCUT2D eigenvalue weighted by Crippen LogP contribution is 2.35. The largest absolute Gasteiger partial charge is 0.423 e. The number of fused-ring (bicyclic) bond motifs is 1. The smallest absolute Gasteiger partial charge is 0.343 e. The molecule has 0 saturated carbocycles. The summed E-state index contributed by atoms with van der Waals surface area (Å²) in [6, 6.07) is 8.18. The summed E-state index contributed by atoms with van der Waals surface area (Å²) in [6.45, 7) is 0. The molecule has 3 rings (SSSR count). The average molecular weight is 297 g/mol. The molecule has 0 bridgehead atoms. The monoisotopic (exact) mass is 297 g/mol. The van der Waals surface area contributed by atoms with Crippen LogP contribution in [0.1, 0.15) is 27.9 Å². The van der Waals surface area contributed by atoms with Crippen molar-refractivity contribution in [1.29, 1.82) is 0 Å². The summed E-state index contributed by atoms with van der Waals surface area (Å²) in [4.78, 5) is 27.5. The van der Waals surface area contributed by atoms with Gasteiger partial charge in [-0.15, -0.1) is 0 Å². The molecule has 112 valence electrons. The quantitative estimate of drug-likeness (QED) is 0.818. The molecule has 22 heavy (non-hydrogen) atoms. The first kappa shape index (κ1) is 14.2. The molecule has 0 saturated heterocycles. The van der Waals surface area contributed by atoms with E-state index in [1.807, 2.05) is 0 Å². The van der Waals surface area contributed by atoms with Crippen LogP contribution < -0.4 is 16.2 Å². The third-order valence-electron chi connectivity index (χ3n) is 3.91. The van der Waals surface area contributed by atoms with Gasteiger partial charge in [-0.2, -0.15) is 0 Å². The van der Waals surface area contributed by atoms with Crippen molar-refractivity contribution in [3.63, 3.8) is 0 Å². The molecule has 6 heteroatoms. The first-order valence-corrected chi connectivity index (χ1v) is 6.85. The third kappa shape index (κ3) is 2.33. The maximum atomic E-state index is 12.1. The van der Waals surface area contributed by atoms with Crippen molar-refractivity contribution in [3.05, 3.63) is 59.4 Å². The lowest BCUT2D eigenvalue weighted by molar-refractivity contribution is -0.123. The number of primary amides is 1. The van der Waals surface area contributed by atoms with Gasteiger partial charge in [0.2, 0.25) is 5.91 Å². The second-order valence-corrected chi connectivity index (χ2v) is 5.28. The molecular weight excluding hydrogens is 282 g/mol. The highest BCUT2D eigenvalue weighted by Gasteiger charge is 2.40. The zero-order chi connectivity index (χ0) is 15.7. The van der Waals surface area contributed by atoms with Gasteiger partial charge in [-0.05, 0) is 48.2 Å². The number of carbonyl (C=O) groups is 2. The number of pyridine rings is 1. The second-order valence-electron chi connectivity index (χ2n) is 5.28. The normalized spacial score (nSPS) is 19.5. The molecule has 1 atom stereocenters. The number of ether oxygens (including phenoxy) is 1. The van der Waals surface area contributed by atoms with Crippen molar-refractivity contribution >= 4 is 11.9 Å². The fourth-order valence-corrected chi connectivity index (χ4v) is 2.66. The van der Waals surface area contributed by atoms with E-state index in [-0.39, 0.29) is 0 Å². The summed E-state index contributed by atoms with van der Waals surface area (Å²) in [5.41, 5.74) is 12.2. The minimum absolute atomic E-state index is 0.407. The molecule has 1 heterocycles. The minimum atomic E-state index is -1.15. The summed E-state index contributed by atoms with van der Waals surface area (Å²) in [7, 11) is 0. The third-order valence-corrected chi connectivity index (χ3v) is 3.91. The molecule has 0 aliphatic heterocycles. The molecule has 4 N–H and O–H groups in total. The van der Waals surface area contributed by atoms with Crippen molar-refractivity contribution in [2.24, 2.45) is 11.5 Å². The Morgan fingerprint density at radius 1 is 1.18 bits per heavy atom. The van der Waals surface area contributed by atoms with Crippen molar-refractivity contribution in [2.45, 2.75) is 18.4 Å². The summed E-state index contributed by atoms with van der Waals surface area (Å²) in [5.74, 6) is -0.605. The average Bonchev–Trinajstić information content (AvgIpc) is 2.86. The van der Waals surface area contributed by atoms with E-state index in [2.05, 4.69) is 4.98 Å². The Morgan fingerprint density at radius 2 is 1.91 bits per heavy atom. The Balaban J connectivity index is 1.86. The van der Waals surface area contributed by atoms with E-state index >= 15 is 0 Å². The molecule has 1 aliphatic carbocycles. The number of hydrogen-bond donors (Lipinski definition) is 2. The van der Waals surface area contributed by atoms with Crippen molar-refractivity contribution in [2.75, 3.05) is 0 Å². The van der Waals surface area contributed by atoms with Gasteiger partial charge < -0.3 is 16.2 Å². The molecule has 0 fully saturated rings. The van der Waals surface area contributed by atoms with Crippen LogP contribution in [0, 0.1) is 0 Å². The number of benzene rings is 1. The number of amides is 1. The zero-order valence-corrected chi connectivity index (χ0v) is 11.8. The van der Waals surface area contributed by atoms with Gasteiger partial charge in [0.05, 0.1) is 5.56 Å². The number of aromatic nitrogens is 1. The van der Waals surface area contributed by atoms with Crippen LogP contribution in [0.2, 0.25) is 0 Å². The topological polar surface area (TPSA) is 108 Å². The van der Waals surface area contributed by atoms with Crippen LogP contribution in [0.3, 0.4) is 0 Å². The number of nitrogens with zero attached hydrogens (tertiary/aromatic N) is 1. The molecule has 1 aliphatic rings. The second kappa shape index (κ2) is 5.23. The Labute approximate surface area is 127 Å². The molecule has 0 spiro atoms. The lowest BCUT2D eigenvalue weighted by Gasteiger charge is -2.20. The zero-order valence-electron chi connectivity index (χ0n) is 11.8. The van der Waals surface area contributed by atoms with Crippen LogP contribution in [0.25, 0.3) is 0 Å². The maximum Gasteiger partial charge on any atom is 0.343 e. The van der Waals surface area contributed by atoms with Gasteiger partial charge in [-0.3, -0.25) is 9.78 Å². The number of esters is 1. The van der Waals surface area contributed by atoms with E-state index in [1.54, 1.807) is 42.7 Å². The van der Waals surface area contributed by atoms with Crippen molar-refractivity contribution in [1.82, 2.24) is 4.98 Å². The van der Waals surface area contributed by atoms with Crippen LogP contribution in [0.4, 0.5) is 0 Å². The van der Waals surface area contributed by atoms with Crippen LogP contribution in [0.15, 0.2) is 42.7 Å². The van der Waals surface area contributed by atoms with Crippen molar-refractivity contribution in [3.8, 4) is 5.75 Å². The summed E-state index contributed by atoms with van der Waals surface area (Å²) < 4.78 is 5.26. The van der Waals surface area contributed by atoms with Gasteiger partial charge in [0.1, 0.15) is 11.3 Å². The van der Waals surface area contributed by atoms with Gasteiger partial charge >= 0.3 is 5.97 Å². The molecule has 1 unspecified atom stereocenters. The molecule has 1 amide bonds. The van der Waals surface area contributed by atoms with Gasteiger partial charge in [-0.25, -0.2) is 4.79 Å². The van der Waals surface area contributed by atoms with Gasteiger partial charge in [-0.1, -0.05) is 6.07 Å². The number of carbonyl (C=O) groups excluding carboxylic acids is 2. The van der Waals surface area contributed by atoms with E-state index in [0.717, 1.165) is 5.56 Å². The Bertz CT molecular complexity index is 746. The molecule has 1 aromatic carbocycles. The van der Waals surface area contributed by atoms with Gasteiger partial charge in [0.15, 0.2) is 0 Å². The Morgan fingerprint density at radius 3 is 2.59 bits per heavy atom. The fraction of sp³-hybridized carbons (Fsp3) is 0.188. The van der Waals surface area contributed by atoms with Gasteiger partial charge in [0.25, 0.3) is 0 Å². The minimum Gasteiger partial charge on any atom is -0.423 e. The first-order chi connectivity index (χ1) is 10.5. The SMILES string of the molecule is NC(=O)C1(N)CCc2cc(C(=O)Oc3ccncc3)ccc21.